The van der Waals surface area contributed by atoms with Crippen molar-refractivity contribution in [3.8, 4) is 0 Å². The number of sulfonamides is 1. The number of nitro benzene ring substituents is 1. The van der Waals surface area contributed by atoms with Crippen molar-refractivity contribution in [2.75, 3.05) is 38.2 Å². The topological polar surface area (TPSA) is 113 Å². The monoisotopic (exact) mass is 492 g/mol. The van der Waals surface area contributed by atoms with Crippen LogP contribution in [-0.4, -0.2) is 65.9 Å². The fourth-order valence-corrected chi connectivity index (χ4v) is 6.72. The first-order chi connectivity index (χ1) is 15.7. The van der Waals surface area contributed by atoms with Crippen molar-refractivity contribution in [1.29, 1.82) is 0 Å². The summed E-state index contributed by atoms with van der Waals surface area (Å²) in [5.74, 6) is -0.347. The van der Waals surface area contributed by atoms with E-state index in [0.29, 0.717) is 35.5 Å². The van der Waals surface area contributed by atoms with Crippen molar-refractivity contribution < 1.29 is 18.1 Å². The smallest absolute Gasteiger partial charge is 0.271 e. The van der Waals surface area contributed by atoms with Crippen molar-refractivity contribution in [3.63, 3.8) is 0 Å². The van der Waals surface area contributed by atoms with Crippen LogP contribution in [0, 0.1) is 10.1 Å². The maximum Gasteiger partial charge on any atom is 0.271 e. The summed E-state index contributed by atoms with van der Waals surface area (Å²) < 4.78 is 28.0. The third kappa shape index (κ3) is 4.89. The molecule has 3 saturated heterocycles. The van der Waals surface area contributed by atoms with Crippen molar-refractivity contribution >= 4 is 38.8 Å². The van der Waals surface area contributed by atoms with E-state index in [9.17, 15) is 23.3 Å². The van der Waals surface area contributed by atoms with Crippen LogP contribution in [-0.2, 0) is 10.0 Å². The minimum atomic E-state index is -3.84. The number of rotatable bonds is 9. The molecule has 5 rings (SSSR count). The molecule has 0 radical (unpaired) electrons. The highest BCUT2D eigenvalue weighted by Gasteiger charge is 2.51. The minimum absolute atomic E-state index is 0.107. The lowest BCUT2D eigenvalue weighted by Crippen LogP contribution is -2.60. The van der Waals surface area contributed by atoms with E-state index in [1.54, 1.807) is 30.3 Å². The maximum atomic E-state index is 13.9. The van der Waals surface area contributed by atoms with E-state index in [1.165, 1.54) is 22.5 Å². The Hall–Kier alpha value is -2.53. The first-order valence-corrected chi connectivity index (χ1v) is 12.5. The van der Waals surface area contributed by atoms with Gasteiger partial charge >= 0.3 is 0 Å². The first kappa shape index (κ1) is 23.6. The van der Waals surface area contributed by atoms with Gasteiger partial charge in [0.05, 0.1) is 22.9 Å². The molecule has 0 amide bonds. The molecule has 176 valence electrons. The molecule has 0 saturated carbocycles. The second kappa shape index (κ2) is 9.38. The third-order valence-electron chi connectivity index (χ3n) is 6.54. The molecule has 0 atom stereocenters. The Balaban J connectivity index is 1.60. The van der Waals surface area contributed by atoms with Gasteiger partial charge in [0.25, 0.3) is 5.69 Å². The summed E-state index contributed by atoms with van der Waals surface area (Å²) in [5, 5.41) is 14.5. The number of non-ortho nitro benzene ring substituents is 1. The van der Waals surface area contributed by atoms with Crippen LogP contribution in [0.25, 0.3) is 0 Å². The average Bonchev–Trinajstić information content (AvgIpc) is 2.83. The first-order valence-electron chi connectivity index (χ1n) is 10.7. The van der Waals surface area contributed by atoms with Gasteiger partial charge in [-0.05, 0) is 69.2 Å². The van der Waals surface area contributed by atoms with Crippen LogP contribution in [0.1, 0.15) is 29.6 Å². The quantitative estimate of drug-likeness (QED) is 0.247. The molecule has 2 aromatic carbocycles. The van der Waals surface area contributed by atoms with Crippen LogP contribution in [0.15, 0.2) is 48.5 Å². The van der Waals surface area contributed by atoms with Crippen molar-refractivity contribution in [3.05, 3.63) is 69.2 Å². The predicted molar refractivity (Wildman–Crippen MR) is 126 cm³/mol. The van der Waals surface area contributed by atoms with E-state index in [2.05, 4.69) is 10.2 Å². The summed E-state index contributed by atoms with van der Waals surface area (Å²) >= 11 is 5.91. The second-order valence-corrected chi connectivity index (χ2v) is 11.2. The fourth-order valence-electron chi connectivity index (χ4n) is 4.48. The minimum Gasteiger partial charge on any atom is -0.371 e. The molecule has 2 aromatic rings. The zero-order valence-electron chi connectivity index (χ0n) is 17.9. The Morgan fingerprint density at radius 1 is 1.12 bits per heavy atom. The number of ketones is 1. The van der Waals surface area contributed by atoms with Crippen molar-refractivity contribution in [1.82, 2.24) is 9.21 Å². The van der Waals surface area contributed by atoms with Gasteiger partial charge in [0.2, 0.25) is 10.0 Å². The van der Waals surface area contributed by atoms with E-state index in [4.69, 9.17) is 11.6 Å². The second-order valence-electron chi connectivity index (χ2n) is 8.46. The van der Waals surface area contributed by atoms with Crippen molar-refractivity contribution in [2.45, 2.75) is 24.0 Å². The molecule has 3 heterocycles. The van der Waals surface area contributed by atoms with Gasteiger partial charge in [0.1, 0.15) is 0 Å². The number of Topliss-reactive ketones (excluding diaryl/α,β-unsaturated/α-hetero) is 1. The molecule has 0 aliphatic carbocycles. The number of nitrogens with one attached hydrogen (secondary N) is 1. The summed E-state index contributed by atoms with van der Waals surface area (Å²) in [5.41, 5.74) is 0.662. The summed E-state index contributed by atoms with van der Waals surface area (Å²) in [6, 6.07) is 12.2. The van der Waals surface area contributed by atoms with Gasteiger partial charge < -0.3 is 10.2 Å². The molecule has 9 nitrogen and oxygen atoms in total. The molecule has 0 spiro atoms. The van der Waals surface area contributed by atoms with Crippen LogP contribution >= 0.6 is 11.6 Å². The molecule has 2 bridgehead atoms. The number of nitro groups is 1. The highest BCUT2D eigenvalue weighted by Crippen LogP contribution is 2.40. The molecule has 0 aromatic heterocycles. The van der Waals surface area contributed by atoms with E-state index in [0.717, 1.165) is 19.6 Å². The summed E-state index contributed by atoms with van der Waals surface area (Å²) in [4.78, 5) is 25.8. The Bertz CT molecular complexity index is 1130. The number of anilines is 1. The Labute approximate surface area is 197 Å². The van der Waals surface area contributed by atoms with E-state index < -0.39 is 19.7 Å². The molecule has 11 heteroatoms. The van der Waals surface area contributed by atoms with Gasteiger partial charge in [-0.15, -0.1) is 0 Å². The lowest BCUT2D eigenvalue weighted by Gasteiger charge is -2.49. The van der Waals surface area contributed by atoms with Crippen LogP contribution in [0.3, 0.4) is 0 Å². The number of benzene rings is 2. The highest BCUT2D eigenvalue weighted by molar-refractivity contribution is 7.90. The number of halogens is 1. The molecule has 1 N–H and O–H groups in total. The normalized spacial score (nSPS) is 22.3. The number of hydrogen-bond donors (Lipinski definition) is 1. The van der Waals surface area contributed by atoms with Crippen molar-refractivity contribution in [2.24, 2.45) is 0 Å². The van der Waals surface area contributed by atoms with Gasteiger partial charge in [-0.1, -0.05) is 17.7 Å². The van der Waals surface area contributed by atoms with Gasteiger partial charge in [0, 0.05) is 28.4 Å². The van der Waals surface area contributed by atoms with Crippen LogP contribution < -0.4 is 5.32 Å². The summed E-state index contributed by atoms with van der Waals surface area (Å²) in [6.07, 6.45) is 1.58. The van der Waals surface area contributed by atoms with Crippen LogP contribution in [0.4, 0.5) is 11.4 Å². The Morgan fingerprint density at radius 2 is 1.76 bits per heavy atom. The third-order valence-corrected chi connectivity index (χ3v) is 9.44. The molecule has 3 aliphatic heterocycles. The zero-order valence-corrected chi connectivity index (χ0v) is 19.5. The van der Waals surface area contributed by atoms with E-state index in [1.807, 2.05) is 0 Å². The number of piperidine rings is 3. The largest absolute Gasteiger partial charge is 0.371 e. The van der Waals surface area contributed by atoms with Crippen LogP contribution in [0.5, 0.6) is 0 Å². The number of carbonyl (C=O) groups is 1. The van der Waals surface area contributed by atoms with Gasteiger partial charge in [-0.25, -0.2) is 8.42 Å². The maximum absolute atomic E-state index is 13.9. The van der Waals surface area contributed by atoms with Gasteiger partial charge in [-0.2, -0.15) is 4.31 Å². The summed E-state index contributed by atoms with van der Waals surface area (Å²) in [6.45, 7) is 1.65. The lowest BCUT2D eigenvalue weighted by atomic mass is 9.87. The number of hydrogen-bond acceptors (Lipinski definition) is 7. The molecule has 33 heavy (non-hydrogen) atoms. The van der Waals surface area contributed by atoms with E-state index >= 15 is 0 Å². The Kier molecular flexibility index (Phi) is 6.71. The van der Waals surface area contributed by atoms with Crippen LogP contribution in [0.2, 0.25) is 5.02 Å². The highest BCUT2D eigenvalue weighted by atomic mass is 35.5. The molecular formula is C22H25ClN4O5S. The molecule has 0 unspecified atom stereocenters. The molecule has 3 aliphatic rings. The van der Waals surface area contributed by atoms with E-state index in [-0.39, 0.29) is 24.7 Å². The molecule has 3 fully saturated rings. The number of fused-ring (bicyclic) bond motifs is 3. The standard InChI is InChI=1S/C22H25ClN4O5S/c23-18-6-4-17(5-7-18)21(28)15-26(16-24-19-2-1-3-20(14-19)27(29)30)33(31,32)22-8-11-25(12-9-22)13-10-22/h1-7,14,24H,8-13,15-16H2. The summed E-state index contributed by atoms with van der Waals surface area (Å²) in [7, 11) is -3.84. The van der Waals surface area contributed by atoms with Gasteiger partial charge in [-0.3, -0.25) is 14.9 Å². The average molecular weight is 493 g/mol. The number of nitrogens with zero attached hydrogens (tertiary/aromatic N) is 3. The SMILES string of the molecule is O=C(CN(CNc1cccc([N+](=O)[O-])c1)S(=O)(=O)C12CCN(CC1)CC2)c1ccc(Cl)cc1. The number of carbonyl (C=O) groups excluding carboxylic acids is 1. The zero-order chi connectivity index (χ0) is 23.6. The molecular weight excluding hydrogens is 468 g/mol. The Morgan fingerprint density at radius 3 is 2.36 bits per heavy atom. The van der Waals surface area contributed by atoms with Gasteiger partial charge in [0.15, 0.2) is 5.78 Å². The lowest BCUT2D eigenvalue weighted by molar-refractivity contribution is -0.384. The fraction of sp³-hybridized carbons (Fsp3) is 0.409. The predicted octanol–water partition coefficient (Wildman–Crippen LogP) is 3.37.